The fourth-order valence-corrected chi connectivity index (χ4v) is 3.82. The molecule has 3 N–H and O–H groups in total. The number of amides is 2. The third-order valence-electron chi connectivity index (χ3n) is 5.28. The van der Waals surface area contributed by atoms with Gasteiger partial charge in [-0.3, -0.25) is 4.79 Å². The van der Waals surface area contributed by atoms with Crippen LogP contribution in [0.1, 0.15) is 16.8 Å². The Labute approximate surface area is 178 Å². The number of carbonyl (C=O) groups is 1. The molecule has 0 fully saturated rings. The van der Waals surface area contributed by atoms with Gasteiger partial charge in [-0.15, -0.1) is 0 Å². The van der Waals surface area contributed by atoms with Crippen LogP contribution in [0.5, 0.6) is 5.75 Å². The van der Waals surface area contributed by atoms with E-state index in [1.807, 2.05) is 60.7 Å². The van der Waals surface area contributed by atoms with E-state index in [0.717, 1.165) is 40.1 Å². The van der Waals surface area contributed by atoms with E-state index in [9.17, 15) is 9.59 Å². The highest BCUT2D eigenvalue weighted by molar-refractivity contribution is 5.99. The standard InChI is InChI=1S/C24H20N4O3/c29-23-20-7-2-1-6-19(20)21(27-28-23)13-15-4-3-5-17(12-15)25-24(30)26-18-8-9-22-16(14-18)10-11-31-22/h1-9,12,14H,10-11,13H2,(H,28,29)(H2,25,26,30). The lowest BCUT2D eigenvalue weighted by atomic mass is 10.0. The number of aromatic amines is 1. The zero-order valence-electron chi connectivity index (χ0n) is 16.6. The molecule has 2 heterocycles. The maximum atomic E-state index is 12.5. The molecule has 0 saturated carbocycles. The number of fused-ring (bicyclic) bond motifs is 2. The summed E-state index contributed by atoms with van der Waals surface area (Å²) in [6.07, 6.45) is 1.38. The van der Waals surface area contributed by atoms with E-state index in [2.05, 4.69) is 20.8 Å². The molecule has 0 aliphatic carbocycles. The topological polar surface area (TPSA) is 96.1 Å². The maximum Gasteiger partial charge on any atom is 0.323 e. The molecule has 4 aromatic rings. The smallest absolute Gasteiger partial charge is 0.323 e. The van der Waals surface area contributed by atoms with Crippen LogP contribution in [0, 0.1) is 0 Å². The monoisotopic (exact) mass is 412 g/mol. The Morgan fingerprint density at radius 1 is 0.968 bits per heavy atom. The van der Waals surface area contributed by atoms with Gasteiger partial charge in [0.25, 0.3) is 5.56 Å². The molecule has 154 valence electrons. The first kappa shape index (κ1) is 18.9. The van der Waals surface area contributed by atoms with Crippen LogP contribution in [0.25, 0.3) is 10.8 Å². The molecule has 0 spiro atoms. The minimum Gasteiger partial charge on any atom is -0.493 e. The summed E-state index contributed by atoms with van der Waals surface area (Å²) in [5, 5.41) is 14.0. The van der Waals surface area contributed by atoms with Gasteiger partial charge in [0.15, 0.2) is 0 Å². The van der Waals surface area contributed by atoms with Gasteiger partial charge in [-0.2, -0.15) is 5.10 Å². The maximum absolute atomic E-state index is 12.5. The van der Waals surface area contributed by atoms with Gasteiger partial charge in [0.05, 0.1) is 17.7 Å². The fraction of sp³-hybridized carbons (Fsp3) is 0.125. The Morgan fingerprint density at radius 2 is 1.77 bits per heavy atom. The third kappa shape index (κ3) is 3.98. The predicted molar refractivity (Wildman–Crippen MR) is 120 cm³/mol. The Bertz CT molecular complexity index is 1350. The summed E-state index contributed by atoms with van der Waals surface area (Å²) in [6, 6.07) is 20.3. The van der Waals surface area contributed by atoms with Crippen LogP contribution < -0.4 is 20.9 Å². The summed E-state index contributed by atoms with van der Waals surface area (Å²) >= 11 is 0. The van der Waals surface area contributed by atoms with E-state index in [4.69, 9.17) is 4.74 Å². The van der Waals surface area contributed by atoms with Crippen molar-refractivity contribution < 1.29 is 9.53 Å². The first-order valence-corrected chi connectivity index (χ1v) is 10.0. The molecule has 7 nitrogen and oxygen atoms in total. The summed E-state index contributed by atoms with van der Waals surface area (Å²) < 4.78 is 5.50. The number of urea groups is 1. The summed E-state index contributed by atoms with van der Waals surface area (Å²) in [5.41, 5.74) is 4.04. The Balaban J connectivity index is 1.31. The highest BCUT2D eigenvalue weighted by atomic mass is 16.5. The van der Waals surface area contributed by atoms with E-state index < -0.39 is 0 Å². The highest BCUT2D eigenvalue weighted by Gasteiger charge is 2.13. The van der Waals surface area contributed by atoms with Gasteiger partial charge < -0.3 is 15.4 Å². The van der Waals surface area contributed by atoms with Crippen molar-refractivity contribution in [1.82, 2.24) is 10.2 Å². The number of nitrogens with zero attached hydrogens (tertiary/aromatic N) is 1. The minimum absolute atomic E-state index is 0.204. The molecule has 3 aromatic carbocycles. The summed E-state index contributed by atoms with van der Waals surface area (Å²) in [6.45, 7) is 0.678. The molecule has 0 atom stereocenters. The number of nitrogens with one attached hydrogen (secondary N) is 3. The molecular formula is C24H20N4O3. The number of H-pyrrole nitrogens is 1. The normalized spacial score (nSPS) is 12.3. The average Bonchev–Trinajstić information content (AvgIpc) is 3.24. The zero-order chi connectivity index (χ0) is 21.2. The zero-order valence-corrected chi connectivity index (χ0v) is 16.6. The second-order valence-electron chi connectivity index (χ2n) is 7.42. The molecule has 1 aliphatic heterocycles. The van der Waals surface area contributed by atoms with Crippen LogP contribution >= 0.6 is 0 Å². The van der Waals surface area contributed by atoms with Crippen molar-refractivity contribution >= 4 is 28.2 Å². The van der Waals surface area contributed by atoms with Crippen molar-refractivity contribution in [2.45, 2.75) is 12.8 Å². The number of anilines is 2. The molecule has 1 aromatic heterocycles. The van der Waals surface area contributed by atoms with Crippen LogP contribution in [0.4, 0.5) is 16.2 Å². The number of ether oxygens (including phenoxy) is 1. The van der Waals surface area contributed by atoms with Crippen LogP contribution in [-0.2, 0) is 12.8 Å². The lowest BCUT2D eigenvalue weighted by molar-refractivity contribution is 0.262. The van der Waals surface area contributed by atoms with E-state index in [-0.39, 0.29) is 11.6 Å². The van der Waals surface area contributed by atoms with E-state index in [0.29, 0.717) is 24.1 Å². The van der Waals surface area contributed by atoms with Gasteiger partial charge in [0.1, 0.15) is 5.75 Å². The summed E-state index contributed by atoms with van der Waals surface area (Å²) in [5.74, 6) is 0.877. The first-order chi connectivity index (χ1) is 15.2. The first-order valence-electron chi connectivity index (χ1n) is 10.0. The largest absolute Gasteiger partial charge is 0.493 e. The Morgan fingerprint density at radius 3 is 2.65 bits per heavy atom. The van der Waals surface area contributed by atoms with E-state index in [1.165, 1.54) is 0 Å². The van der Waals surface area contributed by atoms with Gasteiger partial charge in [-0.1, -0.05) is 30.3 Å². The molecule has 31 heavy (non-hydrogen) atoms. The van der Waals surface area contributed by atoms with E-state index in [1.54, 1.807) is 6.07 Å². The lowest BCUT2D eigenvalue weighted by Crippen LogP contribution is -2.19. The molecule has 1 aliphatic rings. The van der Waals surface area contributed by atoms with Gasteiger partial charge in [0, 0.05) is 29.6 Å². The third-order valence-corrected chi connectivity index (χ3v) is 5.28. The number of aromatic nitrogens is 2. The minimum atomic E-state index is -0.316. The molecule has 0 bridgehead atoms. The van der Waals surface area contributed by atoms with Crippen LogP contribution in [0.15, 0.2) is 71.5 Å². The van der Waals surface area contributed by atoms with Gasteiger partial charge in [-0.05, 0) is 47.5 Å². The van der Waals surface area contributed by atoms with Crippen molar-refractivity contribution in [1.29, 1.82) is 0 Å². The van der Waals surface area contributed by atoms with Crippen molar-refractivity contribution in [2.24, 2.45) is 0 Å². The quantitative estimate of drug-likeness (QED) is 0.470. The SMILES string of the molecule is O=C(Nc1cccc(Cc2n[nH]c(=O)c3ccccc23)c1)Nc1ccc2c(c1)CCO2. The molecule has 2 amide bonds. The second-order valence-corrected chi connectivity index (χ2v) is 7.42. The lowest BCUT2D eigenvalue weighted by Gasteiger charge is -2.10. The van der Waals surface area contributed by atoms with Crippen LogP contribution in [0.2, 0.25) is 0 Å². The molecule has 0 unspecified atom stereocenters. The van der Waals surface area contributed by atoms with Gasteiger partial charge in [-0.25, -0.2) is 9.89 Å². The second kappa shape index (κ2) is 7.95. The van der Waals surface area contributed by atoms with Crippen LogP contribution in [-0.4, -0.2) is 22.8 Å². The van der Waals surface area contributed by atoms with Crippen molar-refractivity contribution in [3.05, 3.63) is 93.9 Å². The molecule has 7 heteroatoms. The van der Waals surface area contributed by atoms with Crippen LogP contribution in [0.3, 0.4) is 0 Å². The highest BCUT2D eigenvalue weighted by Crippen LogP contribution is 2.28. The number of hydrogen-bond acceptors (Lipinski definition) is 4. The average molecular weight is 412 g/mol. The Hall–Kier alpha value is -4.13. The fourth-order valence-electron chi connectivity index (χ4n) is 3.82. The molecule has 0 radical (unpaired) electrons. The summed E-state index contributed by atoms with van der Waals surface area (Å²) in [7, 11) is 0. The van der Waals surface area contributed by atoms with Gasteiger partial charge >= 0.3 is 6.03 Å². The number of hydrogen-bond donors (Lipinski definition) is 3. The number of benzene rings is 3. The number of carbonyl (C=O) groups excluding carboxylic acids is 1. The molecular weight excluding hydrogens is 392 g/mol. The Kier molecular flexibility index (Phi) is 4.84. The molecule has 5 rings (SSSR count). The van der Waals surface area contributed by atoms with Gasteiger partial charge in [0.2, 0.25) is 0 Å². The van der Waals surface area contributed by atoms with Crippen molar-refractivity contribution in [3.63, 3.8) is 0 Å². The van der Waals surface area contributed by atoms with E-state index >= 15 is 0 Å². The van der Waals surface area contributed by atoms with Crippen molar-refractivity contribution in [3.8, 4) is 5.75 Å². The number of rotatable bonds is 4. The molecule has 0 saturated heterocycles. The predicted octanol–water partition coefficient (Wildman–Crippen LogP) is 4.09. The summed E-state index contributed by atoms with van der Waals surface area (Å²) in [4.78, 5) is 24.5. The van der Waals surface area contributed by atoms with Crippen molar-refractivity contribution in [2.75, 3.05) is 17.2 Å².